The number of hydrogen-bond donors (Lipinski definition) is 0. The molecule has 46 heavy (non-hydrogen) atoms. The lowest BCUT2D eigenvalue weighted by atomic mass is 9.78. The smallest absolute Gasteiger partial charge is 0.138 e. The average Bonchev–Trinajstić information content (AvgIpc) is 3.28. The van der Waals surface area contributed by atoms with Gasteiger partial charge >= 0.3 is 0 Å². The molecule has 0 bridgehead atoms. The summed E-state index contributed by atoms with van der Waals surface area (Å²) < 4.78 is 36.5. The molecule has 3 aromatic carbocycles. The number of pyridine rings is 4. The van der Waals surface area contributed by atoms with E-state index in [4.69, 9.17) is 17.7 Å². The van der Waals surface area contributed by atoms with E-state index in [-0.39, 0.29) is 24.2 Å². The quantitative estimate of drug-likeness (QED) is 0.204. The van der Waals surface area contributed by atoms with Gasteiger partial charge in [-0.25, -0.2) is 4.98 Å². The van der Waals surface area contributed by atoms with Crippen LogP contribution in [0.1, 0.15) is 41.6 Å². The monoisotopic (exact) mass is 595 g/mol. The standard InChI is InChI=1S/C41H29N5/c1-41(2)32-24-44-34(27-13-7-4-8-14-27)22-31(32)39-29-19-20-42-25-37(29)46(36-16-10-9-15-30(36)40(39)41)38-18-17-33-35(45-38)21-28(23-43-33)26-11-5-3-6-12-26/h3-25H,1-2H3/i9D,10D,15D,16D. The Morgan fingerprint density at radius 2 is 1.43 bits per heavy atom. The van der Waals surface area contributed by atoms with Gasteiger partial charge in [-0.05, 0) is 64.2 Å². The van der Waals surface area contributed by atoms with Gasteiger partial charge < -0.3 is 0 Å². The molecule has 0 saturated carbocycles. The second kappa shape index (κ2) is 10.0. The van der Waals surface area contributed by atoms with Crippen LogP contribution in [-0.2, 0) is 5.41 Å². The summed E-state index contributed by atoms with van der Waals surface area (Å²) >= 11 is 0. The summed E-state index contributed by atoms with van der Waals surface area (Å²) in [6.07, 6.45) is 7.26. The van der Waals surface area contributed by atoms with Crippen molar-refractivity contribution in [3.8, 4) is 22.4 Å². The first-order valence-corrected chi connectivity index (χ1v) is 15.2. The van der Waals surface area contributed by atoms with Crippen LogP contribution >= 0.6 is 0 Å². The van der Waals surface area contributed by atoms with Crippen LogP contribution in [-0.4, -0.2) is 19.9 Å². The number of allylic oxidation sites excluding steroid dienone is 1. The van der Waals surface area contributed by atoms with Crippen LogP contribution < -0.4 is 4.90 Å². The zero-order chi connectivity index (χ0) is 34.3. The fourth-order valence-electron chi connectivity index (χ4n) is 6.92. The van der Waals surface area contributed by atoms with E-state index in [0.717, 1.165) is 50.2 Å². The molecular formula is C41H29N5. The predicted octanol–water partition coefficient (Wildman–Crippen LogP) is 9.79. The fourth-order valence-corrected chi connectivity index (χ4v) is 6.92. The average molecular weight is 596 g/mol. The van der Waals surface area contributed by atoms with E-state index in [1.807, 2.05) is 102 Å². The van der Waals surface area contributed by atoms with Gasteiger partial charge in [0, 0.05) is 46.3 Å². The van der Waals surface area contributed by atoms with Gasteiger partial charge in [0.15, 0.2) is 0 Å². The molecule has 1 aliphatic carbocycles. The van der Waals surface area contributed by atoms with Crippen LogP contribution in [0.5, 0.6) is 0 Å². The zero-order valence-electron chi connectivity index (χ0n) is 29.2. The van der Waals surface area contributed by atoms with E-state index in [9.17, 15) is 2.74 Å². The first-order valence-electron chi connectivity index (χ1n) is 17.2. The van der Waals surface area contributed by atoms with Gasteiger partial charge in [0.2, 0.25) is 0 Å². The van der Waals surface area contributed by atoms with Crippen LogP contribution in [0.3, 0.4) is 0 Å². The van der Waals surface area contributed by atoms with Crippen molar-refractivity contribution in [1.29, 1.82) is 0 Å². The number of aromatic nitrogens is 4. The fraction of sp³-hybridized carbons (Fsp3) is 0.0732. The molecule has 218 valence electrons. The molecule has 5 nitrogen and oxygen atoms in total. The van der Waals surface area contributed by atoms with Crippen molar-refractivity contribution in [3.05, 3.63) is 162 Å². The van der Waals surface area contributed by atoms with Crippen LogP contribution in [0, 0.1) is 0 Å². The molecule has 9 rings (SSSR count). The first kappa shape index (κ1) is 22.6. The van der Waals surface area contributed by atoms with Gasteiger partial charge in [-0.15, -0.1) is 0 Å². The Kier molecular flexibility index (Phi) is 4.92. The molecule has 0 radical (unpaired) electrons. The van der Waals surface area contributed by atoms with Gasteiger partial charge in [-0.3, -0.25) is 19.9 Å². The Hall–Kier alpha value is -5.94. The molecule has 5 heterocycles. The number of hydrogen-bond acceptors (Lipinski definition) is 5. The third-order valence-corrected chi connectivity index (χ3v) is 9.10. The van der Waals surface area contributed by atoms with E-state index in [0.29, 0.717) is 33.8 Å². The summed E-state index contributed by atoms with van der Waals surface area (Å²) in [5.74, 6) is 0.490. The number of benzene rings is 3. The number of nitrogens with zero attached hydrogens (tertiary/aromatic N) is 5. The maximum atomic E-state index is 9.42. The molecule has 7 aromatic rings. The number of para-hydroxylation sites is 1. The second-order valence-corrected chi connectivity index (χ2v) is 12.1. The molecular weight excluding hydrogens is 562 g/mol. The normalized spacial score (nSPS) is 15.6. The molecule has 0 fully saturated rings. The van der Waals surface area contributed by atoms with Crippen LogP contribution in [0.4, 0.5) is 17.2 Å². The summed E-state index contributed by atoms with van der Waals surface area (Å²) in [4.78, 5) is 21.1. The van der Waals surface area contributed by atoms with Crippen LogP contribution in [0.25, 0.3) is 44.6 Å². The SMILES string of the molecule is [2H]c1c([2H])c([2H])c2c(c1[2H])C1=C(c3ccncc3N2c2ccc3ncc(-c4ccccc4)cc3n2)c2cc(-c3ccccc3)ncc2C1(C)C. The van der Waals surface area contributed by atoms with E-state index in [1.165, 1.54) is 0 Å². The summed E-state index contributed by atoms with van der Waals surface area (Å²) in [6.45, 7) is 4.20. The molecule has 0 atom stereocenters. The first-order chi connectivity index (χ1) is 24.2. The largest absolute Gasteiger partial charge is 0.292 e. The highest BCUT2D eigenvalue weighted by atomic mass is 15.2. The summed E-state index contributed by atoms with van der Waals surface area (Å²) in [7, 11) is 0. The lowest BCUT2D eigenvalue weighted by molar-refractivity contribution is 0.700. The Labute approximate surface area is 273 Å². The Morgan fingerprint density at radius 1 is 0.652 bits per heavy atom. The molecule has 1 aliphatic heterocycles. The number of fused-ring (bicyclic) bond motifs is 7. The molecule has 0 saturated heterocycles. The Morgan fingerprint density at radius 3 is 2.26 bits per heavy atom. The summed E-state index contributed by atoms with van der Waals surface area (Å²) in [5, 5.41) is 0. The molecule has 0 spiro atoms. The third kappa shape index (κ3) is 3.95. The maximum Gasteiger partial charge on any atom is 0.138 e. The van der Waals surface area contributed by atoms with E-state index in [1.54, 1.807) is 12.4 Å². The van der Waals surface area contributed by atoms with Gasteiger partial charge in [0.05, 0.1) is 39.8 Å². The summed E-state index contributed by atoms with van der Waals surface area (Å²) in [5.41, 5.74) is 10.4. The topological polar surface area (TPSA) is 54.8 Å². The highest BCUT2D eigenvalue weighted by Gasteiger charge is 2.43. The minimum absolute atomic E-state index is 0.106. The van der Waals surface area contributed by atoms with Crippen molar-refractivity contribution in [2.75, 3.05) is 4.90 Å². The Balaban J connectivity index is 1.36. The highest BCUT2D eigenvalue weighted by molar-refractivity contribution is 6.14. The van der Waals surface area contributed by atoms with Crippen molar-refractivity contribution in [2.45, 2.75) is 19.3 Å². The lowest BCUT2D eigenvalue weighted by Gasteiger charge is -2.29. The van der Waals surface area contributed by atoms with Crippen molar-refractivity contribution >= 4 is 39.4 Å². The van der Waals surface area contributed by atoms with Crippen molar-refractivity contribution in [3.63, 3.8) is 0 Å². The van der Waals surface area contributed by atoms with Gasteiger partial charge in [0.25, 0.3) is 0 Å². The van der Waals surface area contributed by atoms with Crippen molar-refractivity contribution in [2.24, 2.45) is 0 Å². The molecule has 4 aromatic heterocycles. The van der Waals surface area contributed by atoms with E-state index >= 15 is 0 Å². The van der Waals surface area contributed by atoms with Crippen LogP contribution in [0.2, 0.25) is 0 Å². The Bertz CT molecular complexity index is 2570. The van der Waals surface area contributed by atoms with Crippen molar-refractivity contribution in [1.82, 2.24) is 19.9 Å². The minimum Gasteiger partial charge on any atom is -0.292 e. The molecule has 0 N–H and O–H groups in total. The van der Waals surface area contributed by atoms with Gasteiger partial charge in [-0.1, -0.05) is 92.6 Å². The van der Waals surface area contributed by atoms with E-state index in [2.05, 4.69) is 24.9 Å². The van der Waals surface area contributed by atoms with Crippen molar-refractivity contribution < 1.29 is 5.48 Å². The molecule has 2 aliphatic rings. The molecule has 0 amide bonds. The van der Waals surface area contributed by atoms with Gasteiger partial charge in [-0.2, -0.15) is 0 Å². The second-order valence-electron chi connectivity index (χ2n) is 12.1. The zero-order valence-corrected chi connectivity index (χ0v) is 25.2. The highest BCUT2D eigenvalue weighted by Crippen LogP contribution is 2.59. The predicted molar refractivity (Wildman–Crippen MR) is 186 cm³/mol. The molecule has 5 heteroatoms. The van der Waals surface area contributed by atoms with E-state index < -0.39 is 5.41 Å². The summed E-state index contributed by atoms with van der Waals surface area (Å²) in [6, 6.07) is 29.0. The lowest BCUT2D eigenvalue weighted by Crippen LogP contribution is -2.19. The minimum atomic E-state index is -0.665. The van der Waals surface area contributed by atoms with Gasteiger partial charge in [0.1, 0.15) is 5.82 Å². The number of rotatable bonds is 3. The number of anilines is 3. The third-order valence-electron chi connectivity index (χ3n) is 9.10. The molecule has 0 unspecified atom stereocenters. The van der Waals surface area contributed by atoms with Crippen LogP contribution in [0.15, 0.2) is 140 Å². The maximum absolute atomic E-state index is 9.42.